The summed E-state index contributed by atoms with van der Waals surface area (Å²) in [4.78, 5) is 0. The number of rotatable bonds is 4. The van der Waals surface area contributed by atoms with Crippen LogP contribution in [0.1, 0.15) is 42.9 Å². The molecule has 2 unspecified atom stereocenters. The van der Waals surface area contributed by atoms with Gasteiger partial charge in [-0.2, -0.15) is 13.2 Å². The van der Waals surface area contributed by atoms with Crippen molar-refractivity contribution in [3.63, 3.8) is 0 Å². The molecule has 0 spiro atoms. The Morgan fingerprint density at radius 2 is 2.15 bits per heavy atom. The predicted octanol–water partition coefficient (Wildman–Crippen LogP) is 3.93. The summed E-state index contributed by atoms with van der Waals surface area (Å²) >= 11 is 0. The van der Waals surface area contributed by atoms with Gasteiger partial charge in [-0.3, -0.25) is 0 Å². The fourth-order valence-electron chi connectivity index (χ4n) is 2.61. The van der Waals surface area contributed by atoms with Crippen molar-refractivity contribution in [1.82, 2.24) is 5.32 Å². The van der Waals surface area contributed by atoms with E-state index in [0.29, 0.717) is 12.0 Å². The first-order valence-electron chi connectivity index (χ1n) is 6.96. The topological polar surface area (TPSA) is 21.3 Å². The van der Waals surface area contributed by atoms with Gasteiger partial charge in [0.2, 0.25) is 0 Å². The van der Waals surface area contributed by atoms with E-state index in [4.69, 9.17) is 4.74 Å². The molecule has 112 valence electrons. The van der Waals surface area contributed by atoms with Crippen molar-refractivity contribution in [3.05, 3.63) is 35.4 Å². The zero-order valence-electron chi connectivity index (χ0n) is 11.5. The van der Waals surface area contributed by atoms with Crippen LogP contribution in [0.25, 0.3) is 0 Å². The average molecular weight is 287 g/mol. The molecule has 1 fully saturated rings. The average Bonchev–Trinajstić information content (AvgIpc) is 2.45. The lowest BCUT2D eigenvalue weighted by atomic mass is 9.95. The summed E-state index contributed by atoms with van der Waals surface area (Å²) in [6.45, 7) is 0.754. The van der Waals surface area contributed by atoms with Gasteiger partial charge in [0.15, 0.2) is 0 Å². The second kappa shape index (κ2) is 6.59. The number of halogens is 3. The monoisotopic (exact) mass is 287 g/mol. The Morgan fingerprint density at radius 3 is 2.75 bits per heavy atom. The van der Waals surface area contributed by atoms with E-state index in [1.165, 1.54) is 12.1 Å². The van der Waals surface area contributed by atoms with Crippen molar-refractivity contribution in [2.24, 2.45) is 0 Å². The first-order chi connectivity index (χ1) is 9.50. The molecule has 0 amide bonds. The van der Waals surface area contributed by atoms with Crippen molar-refractivity contribution >= 4 is 0 Å². The number of ether oxygens (including phenoxy) is 1. The van der Waals surface area contributed by atoms with Crippen LogP contribution in [0.3, 0.4) is 0 Å². The number of hydrogen-bond donors (Lipinski definition) is 1. The number of hydrogen-bond acceptors (Lipinski definition) is 2. The largest absolute Gasteiger partial charge is 0.416 e. The van der Waals surface area contributed by atoms with Gasteiger partial charge >= 0.3 is 6.18 Å². The van der Waals surface area contributed by atoms with E-state index < -0.39 is 11.7 Å². The van der Waals surface area contributed by atoms with Crippen LogP contribution in [0.5, 0.6) is 0 Å². The molecule has 0 aliphatic carbocycles. The Bertz CT molecular complexity index is 427. The standard InChI is InChI=1S/C15H20F3NO/c1-19-14(10-13-7-2-3-8-20-13)11-5-4-6-12(9-11)15(16,17)18/h4-6,9,13-14,19H,2-3,7-8,10H2,1H3. The van der Waals surface area contributed by atoms with E-state index in [1.54, 1.807) is 13.1 Å². The van der Waals surface area contributed by atoms with Crippen LogP contribution < -0.4 is 5.32 Å². The molecule has 1 aliphatic heterocycles. The predicted molar refractivity (Wildman–Crippen MR) is 71.5 cm³/mol. The van der Waals surface area contributed by atoms with Crippen LogP contribution in [0.4, 0.5) is 13.2 Å². The first-order valence-corrected chi connectivity index (χ1v) is 6.96. The summed E-state index contributed by atoms with van der Waals surface area (Å²) in [5.74, 6) is 0. The van der Waals surface area contributed by atoms with E-state index in [1.807, 2.05) is 0 Å². The molecule has 0 saturated carbocycles. The fourth-order valence-corrected chi connectivity index (χ4v) is 2.61. The summed E-state index contributed by atoms with van der Waals surface area (Å²) in [7, 11) is 1.77. The molecule has 20 heavy (non-hydrogen) atoms. The van der Waals surface area contributed by atoms with Crippen molar-refractivity contribution < 1.29 is 17.9 Å². The van der Waals surface area contributed by atoms with E-state index in [9.17, 15) is 13.2 Å². The van der Waals surface area contributed by atoms with Gasteiger partial charge in [0.1, 0.15) is 0 Å². The molecule has 0 radical (unpaired) electrons. The zero-order chi connectivity index (χ0) is 14.6. The van der Waals surface area contributed by atoms with Crippen molar-refractivity contribution in [2.75, 3.05) is 13.7 Å². The number of nitrogens with one attached hydrogen (secondary N) is 1. The summed E-state index contributed by atoms with van der Waals surface area (Å²) in [5.41, 5.74) is 0.0660. The minimum Gasteiger partial charge on any atom is -0.378 e. The maximum Gasteiger partial charge on any atom is 0.416 e. The molecule has 1 aromatic carbocycles. The van der Waals surface area contributed by atoms with Crippen LogP contribution in [0.2, 0.25) is 0 Å². The Morgan fingerprint density at radius 1 is 1.35 bits per heavy atom. The van der Waals surface area contributed by atoms with Crippen molar-refractivity contribution in [2.45, 2.75) is 44.0 Å². The van der Waals surface area contributed by atoms with Gasteiger partial charge < -0.3 is 10.1 Å². The molecule has 1 aromatic rings. The summed E-state index contributed by atoms with van der Waals surface area (Å²) < 4.78 is 43.9. The minimum atomic E-state index is -4.30. The molecule has 0 bridgehead atoms. The Balaban J connectivity index is 2.10. The summed E-state index contributed by atoms with van der Waals surface area (Å²) in [5, 5.41) is 3.10. The molecule has 2 atom stereocenters. The van der Waals surface area contributed by atoms with Crippen LogP contribution in [0, 0.1) is 0 Å². The normalized spacial score (nSPS) is 21.7. The zero-order valence-corrected chi connectivity index (χ0v) is 11.5. The fraction of sp³-hybridized carbons (Fsp3) is 0.600. The highest BCUT2D eigenvalue weighted by molar-refractivity contribution is 5.28. The molecule has 2 rings (SSSR count). The summed E-state index contributed by atoms with van der Waals surface area (Å²) in [6, 6.07) is 5.42. The SMILES string of the molecule is CNC(CC1CCCCO1)c1cccc(C(F)(F)F)c1. The Kier molecular flexibility index (Phi) is 5.05. The van der Waals surface area contributed by atoms with Gasteiger partial charge in [-0.25, -0.2) is 0 Å². The molecule has 1 saturated heterocycles. The van der Waals surface area contributed by atoms with E-state index in [0.717, 1.165) is 31.9 Å². The first kappa shape index (κ1) is 15.3. The van der Waals surface area contributed by atoms with Gasteiger partial charge in [-0.05, 0) is 50.4 Å². The van der Waals surface area contributed by atoms with Crippen molar-refractivity contribution in [3.8, 4) is 0 Å². The minimum absolute atomic E-state index is 0.111. The van der Waals surface area contributed by atoms with Crippen molar-refractivity contribution in [1.29, 1.82) is 0 Å². The Hall–Kier alpha value is -1.07. The quantitative estimate of drug-likeness (QED) is 0.906. The maximum atomic E-state index is 12.7. The lowest BCUT2D eigenvalue weighted by molar-refractivity contribution is -0.137. The van der Waals surface area contributed by atoms with E-state index in [-0.39, 0.29) is 12.1 Å². The Labute approximate surface area is 117 Å². The van der Waals surface area contributed by atoms with Gasteiger partial charge in [0.05, 0.1) is 11.7 Å². The highest BCUT2D eigenvalue weighted by Crippen LogP contribution is 2.32. The summed E-state index contributed by atoms with van der Waals surface area (Å²) in [6.07, 6.45) is -0.269. The third kappa shape index (κ3) is 3.96. The second-order valence-corrected chi connectivity index (χ2v) is 5.19. The highest BCUT2D eigenvalue weighted by Gasteiger charge is 2.31. The van der Waals surface area contributed by atoms with Crippen LogP contribution in [-0.4, -0.2) is 19.8 Å². The van der Waals surface area contributed by atoms with Crippen LogP contribution in [-0.2, 0) is 10.9 Å². The second-order valence-electron chi connectivity index (χ2n) is 5.19. The molecule has 1 N–H and O–H groups in total. The van der Waals surface area contributed by atoms with Gasteiger partial charge in [0, 0.05) is 12.6 Å². The third-order valence-electron chi connectivity index (χ3n) is 3.74. The smallest absolute Gasteiger partial charge is 0.378 e. The van der Waals surface area contributed by atoms with Gasteiger partial charge in [-0.1, -0.05) is 12.1 Å². The number of benzene rings is 1. The van der Waals surface area contributed by atoms with Crippen LogP contribution >= 0.6 is 0 Å². The van der Waals surface area contributed by atoms with Gasteiger partial charge in [-0.15, -0.1) is 0 Å². The lowest BCUT2D eigenvalue weighted by Crippen LogP contribution is -2.27. The van der Waals surface area contributed by atoms with E-state index >= 15 is 0 Å². The van der Waals surface area contributed by atoms with Gasteiger partial charge in [0.25, 0.3) is 0 Å². The maximum absolute atomic E-state index is 12.7. The number of alkyl halides is 3. The molecule has 1 aliphatic rings. The third-order valence-corrected chi connectivity index (χ3v) is 3.74. The molecular weight excluding hydrogens is 267 g/mol. The molecule has 0 aromatic heterocycles. The molecular formula is C15H20F3NO. The molecule has 2 nitrogen and oxygen atoms in total. The molecule has 5 heteroatoms. The molecule has 1 heterocycles. The highest BCUT2D eigenvalue weighted by atomic mass is 19.4. The van der Waals surface area contributed by atoms with Crippen LogP contribution in [0.15, 0.2) is 24.3 Å². The van der Waals surface area contributed by atoms with E-state index in [2.05, 4.69) is 5.32 Å². The lowest BCUT2D eigenvalue weighted by Gasteiger charge is -2.27.